The lowest BCUT2D eigenvalue weighted by atomic mass is 9.85. The van der Waals surface area contributed by atoms with Gasteiger partial charge in [-0.2, -0.15) is 0 Å². The zero-order chi connectivity index (χ0) is 21.4. The van der Waals surface area contributed by atoms with Crippen molar-refractivity contribution in [2.45, 2.75) is 44.1 Å². The molecule has 0 spiro atoms. The van der Waals surface area contributed by atoms with Crippen LogP contribution in [0.4, 0.5) is 5.82 Å². The highest BCUT2D eigenvalue weighted by atomic mass is 16.3. The fourth-order valence-electron chi connectivity index (χ4n) is 3.96. The summed E-state index contributed by atoms with van der Waals surface area (Å²) in [6, 6.07) is 0.755. The van der Waals surface area contributed by atoms with Gasteiger partial charge < -0.3 is 25.0 Å². The summed E-state index contributed by atoms with van der Waals surface area (Å²) in [4.78, 5) is 31.4. The van der Waals surface area contributed by atoms with Gasteiger partial charge in [-0.25, -0.2) is 15.0 Å². The summed E-state index contributed by atoms with van der Waals surface area (Å²) in [5.74, 6) is 0.360. The zero-order valence-electron chi connectivity index (χ0n) is 17.1. The Hall–Kier alpha value is -3.11. The zero-order valence-corrected chi connectivity index (χ0v) is 17.1. The molecule has 0 radical (unpaired) electrons. The number of aryl methyl sites for hydroxylation is 1. The fraction of sp³-hybridized carbons (Fsp3) is 0.450. The fourth-order valence-corrected chi connectivity index (χ4v) is 3.96. The third-order valence-electron chi connectivity index (χ3n) is 5.50. The molecule has 3 N–H and O–H groups in total. The van der Waals surface area contributed by atoms with Crippen LogP contribution in [0.3, 0.4) is 0 Å². The number of pyridine rings is 1. The minimum Gasteiger partial charge on any atom is -0.388 e. The van der Waals surface area contributed by atoms with Crippen LogP contribution in [0, 0.1) is 6.92 Å². The third kappa shape index (κ3) is 3.59. The van der Waals surface area contributed by atoms with Crippen LogP contribution in [0.5, 0.6) is 0 Å². The van der Waals surface area contributed by atoms with Crippen LogP contribution in [-0.2, 0) is 0 Å². The van der Waals surface area contributed by atoms with Crippen molar-refractivity contribution in [3.8, 4) is 0 Å². The first-order chi connectivity index (χ1) is 14.4. The van der Waals surface area contributed by atoms with Gasteiger partial charge in [0.15, 0.2) is 17.0 Å². The van der Waals surface area contributed by atoms with Gasteiger partial charge in [0, 0.05) is 26.5 Å². The Balaban J connectivity index is 1.53. The van der Waals surface area contributed by atoms with Crippen molar-refractivity contribution >= 4 is 22.9 Å². The standard InChI is InChI=1S/C20H25N7O3/c1-11-6-12(8-21-7-11)20(30)25-13-4-5-14(17(29)16(13)28)27-10-24-15-18(26(2)3)22-9-23-19(15)27/h6-10,13-14,16-17,28-29H,4-5H2,1-3H3,(H,25,30)/t13-,14-,16-,17-/m1/s1. The molecule has 4 atom stereocenters. The number of rotatable bonds is 4. The summed E-state index contributed by atoms with van der Waals surface area (Å²) in [7, 11) is 3.74. The molecule has 158 valence electrons. The number of hydrogen-bond donors (Lipinski definition) is 3. The van der Waals surface area contributed by atoms with Crippen molar-refractivity contribution < 1.29 is 15.0 Å². The second kappa shape index (κ2) is 7.96. The number of hydrogen-bond acceptors (Lipinski definition) is 8. The molecular formula is C20H25N7O3. The van der Waals surface area contributed by atoms with Crippen molar-refractivity contribution in [1.29, 1.82) is 0 Å². The highest BCUT2D eigenvalue weighted by Crippen LogP contribution is 2.32. The van der Waals surface area contributed by atoms with E-state index in [4.69, 9.17) is 0 Å². The first-order valence-electron chi connectivity index (χ1n) is 9.80. The van der Waals surface area contributed by atoms with Gasteiger partial charge in [-0.05, 0) is 31.4 Å². The molecule has 0 unspecified atom stereocenters. The van der Waals surface area contributed by atoms with E-state index in [9.17, 15) is 15.0 Å². The molecule has 10 heteroatoms. The van der Waals surface area contributed by atoms with Crippen LogP contribution >= 0.6 is 0 Å². The minimum absolute atomic E-state index is 0.322. The molecule has 10 nitrogen and oxygen atoms in total. The molecule has 3 aromatic rings. The highest BCUT2D eigenvalue weighted by molar-refractivity contribution is 5.94. The smallest absolute Gasteiger partial charge is 0.253 e. The van der Waals surface area contributed by atoms with E-state index in [1.165, 1.54) is 12.5 Å². The van der Waals surface area contributed by atoms with Crippen molar-refractivity contribution in [1.82, 2.24) is 29.8 Å². The largest absolute Gasteiger partial charge is 0.388 e. The van der Waals surface area contributed by atoms with E-state index >= 15 is 0 Å². The Labute approximate surface area is 173 Å². The molecule has 1 saturated carbocycles. The van der Waals surface area contributed by atoms with Gasteiger partial charge in [-0.3, -0.25) is 9.78 Å². The van der Waals surface area contributed by atoms with Crippen molar-refractivity contribution in [2.24, 2.45) is 0 Å². The van der Waals surface area contributed by atoms with Gasteiger partial charge in [0.05, 0.1) is 24.0 Å². The maximum absolute atomic E-state index is 12.5. The SMILES string of the molecule is Cc1cncc(C(=O)N[C@@H]2CC[C@@H](n3cnc4c(N(C)C)ncnc43)[C@@H](O)[C@@H]2O)c1. The average molecular weight is 411 g/mol. The Morgan fingerprint density at radius 1 is 1.17 bits per heavy atom. The van der Waals surface area contributed by atoms with E-state index < -0.39 is 24.3 Å². The van der Waals surface area contributed by atoms with E-state index in [0.29, 0.717) is 35.4 Å². The molecule has 0 aliphatic heterocycles. The first kappa shape index (κ1) is 20.2. The number of nitrogens with one attached hydrogen (secondary N) is 1. The summed E-state index contributed by atoms with van der Waals surface area (Å²) in [6.07, 6.45) is 5.05. The molecule has 1 aliphatic carbocycles. The molecule has 0 aromatic carbocycles. The van der Waals surface area contributed by atoms with Gasteiger partial charge >= 0.3 is 0 Å². The van der Waals surface area contributed by atoms with Crippen molar-refractivity contribution in [3.05, 3.63) is 42.2 Å². The van der Waals surface area contributed by atoms with E-state index in [-0.39, 0.29) is 5.91 Å². The Bertz CT molecular complexity index is 1070. The van der Waals surface area contributed by atoms with Crippen LogP contribution in [0.15, 0.2) is 31.1 Å². The summed E-state index contributed by atoms with van der Waals surface area (Å²) in [5.41, 5.74) is 2.52. The number of imidazole rings is 1. The molecule has 3 heterocycles. The second-order valence-corrected chi connectivity index (χ2v) is 7.87. The van der Waals surface area contributed by atoms with Gasteiger partial charge in [0.1, 0.15) is 18.5 Å². The van der Waals surface area contributed by atoms with Gasteiger partial charge in [0.25, 0.3) is 5.91 Å². The average Bonchev–Trinajstić information content (AvgIpc) is 3.15. The molecule has 1 aliphatic rings. The van der Waals surface area contributed by atoms with Crippen molar-refractivity contribution in [2.75, 3.05) is 19.0 Å². The number of anilines is 1. The van der Waals surface area contributed by atoms with Gasteiger partial charge in [0.2, 0.25) is 0 Å². The maximum Gasteiger partial charge on any atom is 0.253 e. The number of aliphatic hydroxyl groups is 2. The lowest BCUT2D eigenvalue weighted by Gasteiger charge is -2.38. The van der Waals surface area contributed by atoms with Crippen molar-refractivity contribution in [3.63, 3.8) is 0 Å². The summed E-state index contributed by atoms with van der Waals surface area (Å²) in [5, 5.41) is 24.4. The maximum atomic E-state index is 12.5. The lowest BCUT2D eigenvalue weighted by Crippen LogP contribution is -2.54. The summed E-state index contributed by atoms with van der Waals surface area (Å²) >= 11 is 0. The molecule has 1 fully saturated rings. The number of nitrogens with zero attached hydrogens (tertiary/aromatic N) is 6. The van der Waals surface area contributed by atoms with E-state index in [1.54, 1.807) is 23.2 Å². The molecule has 4 rings (SSSR count). The molecule has 3 aromatic heterocycles. The first-order valence-corrected chi connectivity index (χ1v) is 9.80. The van der Waals surface area contributed by atoms with Gasteiger partial charge in [-0.15, -0.1) is 0 Å². The molecule has 0 saturated heterocycles. The molecule has 0 bridgehead atoms. The highest BCUT2D eigenvalue weighted by Gasteiger charge is 2.40. The molecule has 1 amide bonds. The van der Waals surface area contributed by atoms with Crippen LogP contribution in [-0.4, -0.2) is 73.0 Å². The predicted molar refractivity (Wildman–Crippen MR) is 110 cm³/mol. The summed E-state index contributed by atoms with van der Waals surface area (Å²) < 4.78 is 1.78. The quantitative estimate of drug-likeness (QED) is 0.564. The monoisotopic (exact) mass is 411 g/mol. The number of carbonyl (C=O) groups excluding carboxylic acids is 1. The van der Waals surface area contributed by atoms with E-state index in [2.05, 4.69) is 25.3 Å². The van der Waals surface area contributed by atoms with E-state index in [1.807, 2.05) is 25.9 Å². The number of aliphatic hydroxyl groups excluding tert-OH is 2. The lowest BCUT2D eigenvalue weighted by molar-refractivity contribution is -0.0552. The van der Waals surface area contributed by atoms with Crippen LogP contribution < -0.4 is 10.2 Å². The third-order valence-corrected chi connectivity index (χ3v) is 5.50. The van der Waals surface area contributed by atoms with Crippen LogP contribution in [0.1, 0.15) is 34.8 Å². The van der Waals surface area contributed by atoms with Crippen LogP contribution in [0.25, 0.3) is 11.2 Å². The normalized spacial score (nSPS) is 24.0. The second-order valence-electron chi connectivity index (χ2n) is 7.87. The number of amides is 1. The predicted octanol–water partition coefficient (Wildman–Crippen LogP) is 0.451. The summed E-state index contributed by atoms with van der Waals surface area (Å²) in [6.45, 7) is 1.86. The number of fused-ring (bicyclic) bond motifs is 1. The molecule has 30 heavy (non-hydrogen) atoms. The van der Waals surface area contributed by atoms with Gasteiger partial charge in [-0.1, -0.05) is 0 Å². The number of carbonyl (C=O) groups is 1. The molecular weight excluding hydrogens is 386 g/mol. The Kier molecular flexibility index (Phi) is 5.35. The topological polar surface area (TPSA) is 129 Å². The van der Waals surface area contributed by atoms with Crippen LogP contribution in [0.2, 0.25) is 0 Å². The Morgan fingerprint density at radius 2 is 1.97 bits per heavy atom. The van der Waals surface area contributed by atoms with E-state index in [0.717, 1.165) is 5.56 Å². The Morgan fingerprint density at radius 3 is 2.70 bits per heavy atom. The minimum atomic E-state index is -1.13. The number of aromatic nitrogens is 5.